The second-order valence-electron chi connectivity index (χ2n) is 3.95. The summed E-state index contributed by atoms with van der Waals surface area (Å²) in [4.78, 5) is 0. The molecule has 1 heterocycles. The Morgan fingerprint density at radius 3 is 2.47 bits per heavy atom. The standard InChI is InChI=1S/C12H12F3N3O/c1-18-8-10(7-17-18)16-6-9-2-4-11(5-3-9)19-12(13,14)15/h2-5,7-8,16H,6H2,1H3. The molecule has 0 amide bonds. The molecule has 2 aromatic rings. The van der Waals surface area contributed by atoms with Gasteiger partial charge < -0.3 is 10.1 Å². The molecule has 0 aliphatic carbocycles. The topological polar surface area (TPSA) is 39.1 Å². The van der Waals surface area contributed by atoms with Crippen LogP contribution in [-0.4, -0.2) is 16.1 Å². The predicted octanol–water partition coefficient (Wildman–Crippen LogP) is 2.93. The quantitative estimate of drug-likeness (QED) is 0.929. The zero-order valence-corrected chi connectivity index (χ0v) is 10.1. The molecule has 0 radical (unpaired) electrons. The molecular formula is C12H12F3N3O. The number of halogens is 3. The summed E-state index contributed by atoms with van der Waals surface area (Å²) in [5.74, 6) is -0.224. The van der Waals surface area contributed by atoms with Crippen LogP contribution in [0.3, 0.4) is 0 Å². The third kappa shape index (κ3) is 4.20. The lowest BCUT2D eigenvalue weighted by Crippen LogP contribution is -2.17. The van der Waals surface area contributed by atoms with Crippen LogP contribution in [0.5, 0.6) is 5.75 Å². The third-order valence-electron chi connectivity index (χ3n) is 2.36. The molecule has 0 atom stereocenters. The van der Waals surface area contributed by atoms with Gasteiger partial charge in [-0.15, -0.1) is 13.2 Å². The van der Waals surface area contributed by atoms with Crippen molar-refractivity contribution in [2.24, 2.45) is 7.05 Å². The Morgan fingerprint density at radius 2 is 1.95 bits per heavy atom. The number of nitrogens with zero attached hydrogens (tertiary/aromatic N) is 2. The first-order valence-corrected chi connectivity index (χ1v) is 5.49. The van der Waals surface area contributed by atoms with Crippen molar-refractivity contribution in [3.05, 3.63) is 42.2 Å². The number of aryl methyl sites for hydroxylation is 1. The van der Waals surface area contributed by atoms with E-state index < -0.39 is 6.36 Å². The van der Waals surface area contributed by atoms with Gasteiger partial charge in [0.1, 0.15) is 5.75 Å². The zero-order chi connectivity index (χ0) is 13.9. The number of anilines is 1. The van der Waals surface area contributed by atoms with Gasteiger partial charge in [-0.1, -0.05) is 12.1 Å². The van der Waals surface area contributed by atoms with E-state index in [9.17, 15) is 13.2 Å². The molecule has 2 rings (SSSR count). The van der Waals surface area contributed by atoms with Gasteiger partial charge in [0.05, 0.1) is 11.9 Å². The van der Waals surface area contributed by atoms with E-state index in [4.69, 9.17) is 0 Å². The Bertz CT molecular complexity index is 534. The molecule has 1 aromatic heterocycles. The van der Waals surface area contributed by atoms with Gasteiger partial charge in [-0.3, -0.25) is 4.68 Å². The highest BCUT2D eigenvalue weighted by atomic mass is 19.4. The first-order chi connectivity index (χ1) is 8.92. The maximum Gasteiger partial charge on any atom is 0.573 e. The van der Waals surface area contributed by atoms with Crippen LogP contribution in [0.15, 0.2) is 36.7 Å². The summed E-state index contributed by atoms with van der Waals surface area (Å²) >= 11 is 0. The van der Waals surface area contributed by atoms with Gasteiger partial charge in [0.2, 0.25) is 0 Å². The molecule has 0 aliphatic rings. The molecule has 0 saturated heterocycles. The van der Waals surface area contributed by atoms with Crippen molar-refractivity contribution in [1.82, 2.24) is 9.78 Å². The molecule has 0 bridgehead atoms. The number of alkyl halides is 3. The van der Waals surface area contributed by atoms with Gasteiger partial charge in [0.25, 0.3) is 0 Å². The van der Waals surface area contributed by atoms with Crippen LogP contribution >= 0.6 is 0 Å². The average Bonchev–Trinajstić information content (AvgIpc) is 2.72. The third-order valence-corrected chi connectivity index (χ3v) is 2.36. The van der Waals surface area contributed by atoms with Gasteiger partial charge in [-0.05, 0) is 17.7 Å². The van der Waals surface area contributed by atoms with Crippen LogP contribution in [0.4, 0.5) is 18.9 Å². The van der Waals surface area contributed by atoms with E-state index in [2.05, 4.69) is 15.2 Å². The number of nitrogens with one attached hydrogen (secondary N) is 1. The number of benzene rings is 1. The second-order valence-corrected chi connectivity index (χ2v) is 3.95. The van der Waals surface area contributed by atoms with E-state index in [0.717, 1.165) is 11.3 Å². The molecule has 1 N–H and O–H groups in total. The number of rotatable bonds is 4. The fourth-order valence-corrected chi connectivity index (χ4v) is 1.53. The van der Waals surface area contributed by atoms with Gasteiger partial charge >= 0.3 is 6.36 Å². The molecule has 4 nitrogen and oxygen atoms in total. The normalized spacial score (nSPS) is 11.4. The minimum atomic E-state index is -4.66. The average molecular weight is 271 g/mol. The van der Waals surface area contributed by atoms with Gasteiger partial charge in [0, 0.05) is 19.8 Å². The molecule has 0 saturated carbocycles. The molecule has 7 heteroatoms. The van der Waals surface area contributed by atoms with E-state index >= 15 is 0 Å². The first kappa shape index (κ1) is 13.3. The van der Waals surface area contributed by atoms with E-state index in [1.165, 1.54) is 12.1 Å². The Morgan fingerprint density at radius 1 is 1.26 bits per heavy atom. The Balaban J connectivity index is 1.91. The lowest BCUT2D eigenvalue weighted by atomic mass is 10.2. The Kier molecular flexibility index (Phi) is 3.64. The van der Waals surface area contributed by atoms with Gasteiger partial charge in [-0.25, -0.2) is 0 Å². The highest BCUT2D eigenvalue weighted by Gasteiger charge is 2.30. The van der Waals surface area contributed by atoms with Crippen molar-refractivity contribution in [1.29, 1.82) is 0 Å². The highest BCUT2D eigenvalue weighted by molar-refractivity contribution is 5.39. The molecule has 102 valence electrons. The summed E-state index contributed by atoms with van der Waals surface area (Å²) < 4.78 is 41.4. The monoisotopic (exact) mass is 271 g/mol. The Hall–Kier alpha value is -2.18. The minimum absolute atomic E-state index is 0.224. The maximum atomic E-state index is 12.0. The summed E-state index contributed by atoms with van der Waals surface area (Å²) in [6.45, 7) is 0.498. The molecule has 19 heavy (non-hydrogen) atoms. The fourth-order valence-electron chi connectivity index (χ4n) is 1.53. The number of ether oxygens (including phenoxy) is 1. The fraction of sp³-hybridized carbons (Fsp3) is 0.250. The maximum absolute atomic E-state index is 12.0. The van der Waals surface area contributed by atoms with E-state index in [0.29, 0.717) is 6.54 Å². The summed E-state index contributed by atoms with van der Waals surface area (Å²) in [6, 6.07) is 5.72. The first-order valence-electron chi connectivity index (χ1n) is 5.49. The number of hydrogen-bond acceptors (Lipinski definition) is 3. The van der Waals surface area contributed by atoms with Crippen LogP contribution in [0.2, 0.25) is 0 Å². The van der Waals surface area contributed by atoms with Crippen LogP contribution in [0.1, 0.15) is 5.56 Å². The van der Waals surface area contributed by atoms with E-state index in [-0.39, 0.29) is 5.75 Å². The van der Waals surface area contributed by atoms with E-state index in [1.807, 2.05) is 0 Å². The molecule has 0 unspecified atom stereocenters. The molecule has 0 fully saturated rings. The number of hydrogen-bond donors (Lipinski definition) is 1. The van der Waals surface area contributed by atoms with Gasteiger partial charge in [0.15, 0.2) is 0 Å². The summed E-state index contributed by atoms with van der Waals surface area (Å²) in [6.07, 6.45) is -1.18. The van der Waals surface area contributed by atoms with Crippen molar-refractivity contribution in [3.63, 3.8) is 0 Å². The van der Waals surface area contributed by atoms with Crippen molar-refractivity contribution in [2.45, 2.75) is 12.9 Å². The molecule has 0 spiro atoms. The zero-order valence-electron chi connectivity index (χ0n) is 10.1. The summed E-state index contributed by atoms with van der Waals surface area (Å²) in [5.41, 5.74) is 1.69. The van der Waals surface area contributed by atoms with Crippen molar-refractivity contribution >= 4 is 5.69 Å². The largest absolute Gasteiger partial charge is 0.573 e. The van der Waals surface area contributed by atoms with Crippen LogP contribution in [0, 0.1) is 0 Å². The van der Waals surface area contributed by atoms with Crippen LogP contribution in [-0.2, 0) is 13.6 Å². The second kappa shape index (κ2) is 5.21. The van der Waals surface area contributed by atoms with Gasteiger partial charge in [-0.2, -0.15) is 5.10 Å². The highest BCUT2D eigenvalue weighted by Crippen LogP contribution is 2.22. The SMILES string of the molecule is Cn1cc(NCc2ccc(OC(F)(F)F)cc2)cn1. The molecule has 0 aliphatic heterocycles. The lowest BCUT2D eigenvalue weighted by molar-refractivity contribution is -0.274. The number of aromatic nitrogens is 2. The smallest absolute Gasteiger partial charge is 0.406 e. The van der Waals surface area contributed by atoms with Crippen LogP contribution < -0.4 is 10.1 Å². The van der Waals surface area contributed by atoms with Crippen LogP contribution in [0.25, 0.3) is 0 Å². The molecular weight excluding hydrogens is 259 g/mol. The minimum Gasteiger partial charge on any atom is -0.406 e. The van der Waals surface area contributed by atoms with Crippen molar-refractivity contribution < 1.29 is 17.9 Å². The van der Waals surface area contributed by atoms with Crippen molar-refractivity contribution in [3.8, 4) is 5.75 Å². The molecule has 1 aromatic carbocycles. The predicted molar refractivity (Wildman–Crippen MR) is 63.7 cm³/mol. The lowest BCUT2D eigenvalue weighted by Gasteiger charge is -2.09. The Labute approximate surface area is 107 Å². The summed E-state index contributed by atoms with van der Waals surface area (Å²) in [5, 5.41) is 7.10. The van der Waals surface area contributed by atoms with Crippen molar-refractivity contribution in [2.75, 3.05) is 5.32 Å². The van der Waals surface area contributed by atoms with E-state index in [1.54, 1.807) is 36.3 Å². The summed E-state index contributed by atoms with van der Waals surface area (Å²) in [7, 11) is 1.80.